The van der Waals surface area contributed by atoms with E-state index in [-0.39, 0.29) is 6.10 Å². The summed E-state index contributed by atoms with van der Waals surface area (Å²) in [5.41, 5.74) is 4.52. The number of fused-ring (bicyclic) bond motifs is 1. The Bertz CT molecular complexity index is 1060. The lowest BCUT2D eigenvalue weighted by molar-refractivity contribution is 0.194. The fourth-order valence-corrected chi connectivity index (χ4v) is 3.47. The number of nitrogens with zero attached hydrogens (tertiary/aromatic N) is 4. The van der Waals surface area contributed by atoms with Crippen LogP contribution in [0.1, 0.15) is 11.1 Å². The third-order valence-corrected chi connectivity index (χ3v) is 5.06. The summed E-state index contributed by atoms with van der Waals surface area (Å²) in [6, 6.07) is 9.65. The van der Waals surface area contributed by atoms with E-state index < -0.39 is 0 Å². The Morgan fingerprint density at radius 1 is 1.34 bits per heavy atom. The van der Waals surface area contributed by atoms with Gasteiger partial charge in [-0.15, -0.1) is 0 Å². The molecule has 0 amide bonds. The highest BCUT2D eigenvalue weighted by atomic mass is 35.5. The predicted octanol–water partition coefficient (Wildman–Crippen LogP) is 3.01. The molecule has 0 spiro atoms. The second-order valence-electron chi connectivity index (χ2n) is 6.97. The summed E-state index contributed by atoms with van der Waals surface area (Å²) in [6.45, 7) is 2.13. The standard InChI is InChI=1S/C21H21ClN6O/c1-28-13-17(10-27-28)16-7-20-21(26-9-16)29-19(12-25-20)11-24-5-4-14-2-3-18(22)6-15(14)8-23/h2-3,6-7,9-10,13,19,24-25H,4-5,11-12H2,1H3. The number of benzene rings is 1. The van der Waals surface area contributed by atoms with Crippen LogP contribution in [-0.2, 0) is 13.5 Å². The molecule has 0 aliphatic carbocycles. The van der Waals surface area contributed by atoms with E-state index in [2.05, 4.69) is 26.8 Å². The number of rotatable bonds is 6. The van der Waals surface area contributed by atoms with E-state index in [4.69, 9.17) is 16.3 Å². The molecule has 4 rings (SSSR count). The SMILES string of the molecule is Cn1cc(-c2cnc3c(c2)NCC(CNCCc2ccc(Cl)cc2C#N)O3)cn1. The van der Waals surface area contributed by atoms with Crippen molar-refractivity contribution in [3.05, 3.63) is 59.0 Å². The van der Waals surface area contributed by atoms with Crippen molar-refractivity contribution in [2.45, 2.75) is 12.5 Å². The molecule has 2 aromatic heterocycles. The molecule has 0 saturated carbocycles. The van der Waals surface area contributed by atoms with Crippen molar-refractivity contribution in [2.75, 3.05) is 25.0 Å². The quantitative estimate of drug-likeness (QED) is 0.609. The number of aromatic nitrogens is 3. The highest BCUT2D eigenvalue weighted by molar-refractivity contribution is 6.30. The van der Waals surface area contributed by atoms with Gasteiger partial charge in [-0.2, -0.15) is 10.4 Å². The maximum atomic E-state index is 9.22. The van der Waals surface area contributed by atoms with Crippen LogP contribution in [-0.4, -0.2) is 40.5 Å². The van der Waals surface area contributed by atoms with Gasteiger partial charge in [0.25, 0.3) is 0 Å². The van der Waals surface area contributed by atoms with Gasteiger partial charge in [0.2, 0.25) is 5.88 Å². The first kappa shape index (κ1) is 19.2. The highest BCUT2D eigenvalue weighted by Crippen LogP contribution is 2.31. The summed E-state index contributed by atoms with van der Waals surface area (Å²) in [5, 5.41) is 20.8. The fourth-order valence-electron chi connectivity index (χ4n) is 3.29. The first-order valence-corrected chi connectivity index (χ1v) is 9.79. The first-order chi connectivity index (χ1) is 14.1. The number of pyridine rings is 1. The molecule has 1 aliphatic rings. The minimum atomic E-state index is -0.0140. The van der Waals surface area contributed by atoms with E-state index in [1.165, 1.54) is 0 Å². The average Bonchev–Trinajstić information content (AvgIpc) is 3.17. The van der Waals surface area contributed by atoms with Crippen LogP contribution in [0.25, 0.3) is 11.1 Å². The Hall–Kier alpha value is -3.08. The Morgan fingerprint density at radius 2 is 2.24 bits per heavy atom. The fraction of sp³-hybridized carbons (Fsp3) is 0.286. The normalized spacial score (nSPS) is 15.1. The molecule has 2 N–H and O–H groups in total. The van der Waals surface area contributed by atoms with Gasteiger partial charge < -0.3 is 15.4 Å². The van der Waals surface area contributed by atoms with Crippen molar-refractivity contribution in [1.29, 1.82) is 5.26 Å². The Labute approximate surface area is 174 Å². The molecule has 1 atom stereocenters. The van der Waals surface area contributed by atoms with Crippen molar-refractivity contribution < 1.29 is 4.74 Å². The maximum Gasteiger partial charge on any atom is 0.237 e. The molecule has 0 saturated heterocycles. The average molecular weight is 409 g/mol. The summed E-state index contributed by atoms with van der Waals surface area (Å²) < 4.78 is 7.78. The number of hydrogen-bond donors (Lipinski definition) is 2. The van der Waals surface area contributed by atoms with E-state index in [9.17, 15) is 5.26 Å². The van der Waals surface area contributed by atoms with Crippen LogP contribution in [0, 0.1) is 11.3 Å². The van der Waals surface area contributed by atoms with Crippen LogP contribution in [0.4, 0.5) is 5.69 Å². The number of ether oxygens (including phenoxy) is 1. The lowest BCUT2D eigenvalue weighted by atomic mass is 10.1. The largest absolute Gasteiger partial charge is 0.470 e. The molecule has 1 aromatic carbocycles. The van der Waals surface area contributed by atoms with Crippen LogP contribution < -0.4 is 15.4 Å². The minimum absolute atomic E-state index is 0.0140. The van der Waals surface area contributed by atoms with Gasteiger partial charge in [0.1, 0.15) is 6.10 Å². The van der Waals surface area contributed by atoms with Crippen molar-refractivity contribution >= 4 is 17.3 Å². The van der Waals surface area contributed by atoms with Crippen molar-refractivity contribution in [1.82, 2.24) is 20.1 Å². The summed E-state index contributed by atoms with van der Waals surface area (Å²) >= 11 is 5.95. The molecule has 7 nitrogen and oxygen atoms in total. The van der Waals surface area contributed by atoms with Gasteiger partial charge in [0, 0.05) is 42.1 Å². The molecular weight excluding hydrogens is 388 g/mol. The zero-order valence-electron chi connectivity index (χ0n) is 16.0. The van der Waals surface area contributed by atoms with Gasteiger partial charge >= 0.3 is 0 Å². The maximum absolute atomic E-state index is 9.22. The molecule has 0 bridgehead atoms. The van der Waals surface area contributed by atoms with E-state index in [0.29, 0.717) is 29.6 Å². The van der Waals surface area contributed by atoms with Gasteiger partial charge in [0.15, 0.2) is 0 Å². The van der Waals surface area contributed by atoms with Gasteiger partial charge in [-0.1, -0.05) is 17.7 Å². The minimum Gasteiger partial charge on any atom is -0.470 e. The zero-order valence-corrected chi connectivity index (χ0v) is 16.8. The molecule has 1 aliphatic heterocycles. The highest BCUT2D eigenvalue weighted by Gasteiger charge is 2.21. The third-order valence-electron chi connectivity index (χ3n) is 4.82. The summed E-state index contributed by atoms with van der Waals surface area (Å²) in [4.78, 5) is 4.46. The number of halogens is 1. The van der Waals surface area contributed by atoms with Crippen LogP contribution in [0.5, 0.6) is 5.88 Å². The van der Waals surface area contributed by atoms with E-state index in [1.54, 1.807) is 16.9 Å². The second kappa shape index (κ2) is 8.52. The van der Waals surface area contributed by atoms with Gasteiger partial charge in [0.05, 0.1) is 30.1 Å². The molecule has 0 radical (unpaired) electrons. The number of nitrogens with one attached hydrogen (secondary N) is 2. The van der Waals surface area contributed by atoms with Gasteiger partial charge in [-0.3, -0.25) is 4.68 Å². The molecular formula is C21H21ClN6O. The molecule has 148 valence electrons. The van der Waals surface area contributed by atoms with Gasteiger partial charge in [-0.05, 0) is 36.7 Å². The summed E-state index contributed by atoms with van der Waals surface area (Å²) in [5.74, 6) is 0.611. The number of anilines is 1. The molecule has 3 aromatic rings. The molecule has 8 heteroatoms. The Balaban J connectivity index is 1.30. The van der Waals surface area contributed by atoms with Crippen molar-refractivity contribution in [3.63, 3.8) is 0 Å². The number of hydrogen-bond acceptors (Lipinski definition) is 6. The molecule has 29 heavy (non-hydrogen) atoms. The smallest absolute Gasteiger partial charge is 0.237 e. The Morgan fingerprint density at radius 3 is 3.03 bits per heavy atom. The molecule has 0 fully saturated rings. The third kappa shape index (κ3) is 4.50. The molecule has 1 unspecified atom stereocenters. The number of aryl methyl sites for hydroxylation is 1. The van der Waals surface area contributed by atoms with E-state index in [0.717, 1.165) is 35.3 Å². The predicted molar refractivity (Wildman–Crippen MR) is 112 cm³/mol. The van der Waals surface area contributed by atoms with E-state index in [1.807, 2.05) is 37.6 Å². The lowest BCUT2D eigenvalue weighted by Gasteiger charge is -2.27. The zero-order chi connectivity index (χ0) is 20.2. The molecule has 3 heterocycles. The van der Waals surface area contributed by atoms with E-state index >= 15 is 0 Å². The van der Waals surface area contributed by atoms with Crippen molar-refractivity contribution in [3.8, 4) is 23.1 Å². The van der Waals surface area contributed by atoms with Crippen LogP contribution >= 0.6 is 11.6 Å². The van der Waals surface area contributed by atoms with Crippen LogP contribution in [0.3, 0.4) is 0 Å². The Kier molecular flexibility index (Phi) is 5.65. The topological polar surface area (TPSA) is 87.8 Å². The second-order valence-corrected chi connectivity index (χ2v) is 7.40. The van der Waals surface area contributed by atoms with Crippen molar-refractivity contribution in [2.24, 2.45) is 7.05 Å². The first-order valence-electron chi connectivity index (χ1n) is 9.41. The monoisotopic (exact) mass is 408 g/mol. The summed E-state index contributed by atoms with van der Waals surface area (Å²) in [7, 11) is 1.89. The van der Waals surface area contributed by atoms with Crippen LogP contribution in [0.15, 0.2) is 42.9 Å². The lowest BCUT2D eigenvalue weighted by Crippen LogP contribution is -2.40. The summed E-state index contributed by atoms with van der Waals surface area (Å²) in [6.07, 6.45) is 6.32. The van der Waals surface area contributed by atoms with Crippen LogP contribution in [0.2, 0.25) is 5.02 Å². The number of nitriles is 1. The van der Waals surface area contributed by atoms with Gasteiger partial charge in [-0.25, -0.2) is 4.98 Å².